The van der Waals surface area contributed by atoms with Gasteiger partial charge in [0, 0.05) is 63.2 Å². The van der Waals surface area contributed by atoms with E-state index in [2.05, 4.69) is 54.0 Å². The molecule has 8 heteroatoms. The van der Waals surface area contributed by atoms with Crippen LogP contribution in [0.25, 0.3) is 0 Å². The Bertz CT molecular complexity index is 589. The fraction of sp³-hybridized carbons (Fsp3) is 0.842. The van der Waals surface area contributed by atoms with Crippen molar-refractivity contribution in [3.63, 3.8) is 0 Å². The smallest absolute Gasteiger partial charge is 0.191 e. The number of aryl methyl sites for hydroxylation is 1. The molecule has 152 valence electrons. The SMILES string of the molecule is CCc1nncn1CCNC(=NC)NCC1(N2CCSCC2)CCCCC1. The summed E-state index contributed by atoms with van der Waals surface area (Å²) in [4.78, 5) is 7.20. The van der Waals surface area contributed by atoms with Crippen molar-refractivity contribution < 1.29 is 0 Å². The van der Waals surface area contributed by atoms with E-state index < -0.39 is 0 Å². The van der Waals surface area contributed by atoms with E-state index in [0.29, 0.717) is 5.54 Å². The largest absolute Gasteiger partial charge is 0.355 e. The van der Waals surface area contributed by atoms with Crippen LogP contribution in [-0.2, 0) is 13.0 Å². The zero-order valence-corrected chi connectivity index (χ0v) is 17.7. The number of nitrogens with zero attached hydrogens (tertiary/aromatic N) is 5. The lowest BCUT2D eigenvalue weighted by Crippen LogP contribution is -2.59. The van der Waals surface area contributed by atoms with Crippen LogP contribution in [-0.4, -0.2) is 75.9 Å². The van der Waals surface area contributed by atoms with Gasteiger partial charge in [-0.3, -0.25) is 9.89 Å². The molecule has 0 bridgehead atoms. The van der Waals surface area contributed by atoms with E-state index in [0.717, 1.165) is 37.8 Å². The average molecular weight is 394 g/mol. The number of hydrogen-bond acceptors (Lipinski definition) is 5. The number of hydrogen-bond donors (Lipinski definition) is 2. The van der Waals surface area contributed by atoms with Crippen molar-refractivity contribution in [1.29, 1.82) is 0 Å². The number of nitrogens with one attached hydrogen (secondary N) is 2. The first-order chi connectivity index (χ1) is 13.3. The third kappa shape index (κ3) is 5.38. The van der Waals surface area contributed by atoms with Crippen LogP contribution < -0.4 is 10.6 Å². The van der Waals surface area contributed by atoms with Gasteiger partial charge in [-0.25, -0.2) is 0 Å². The average Bonchev–Trinajstić information content (AvgIpc) is 3.19. The van der Waals surface area contributed by atoms with Crippen LogP contribution in [0.2, 0.25) is 0 Å². The first kappa shape index (κ1) is 20.5. The number of aliphatic imine (C=N–C) groups is 1. The van der Waals surface area contributed by atoms with Gasteiger partial charge in [0.05, 0.1) is 0 Å². The molecule has 2 aliphatic rings. The Kier molecular flexibility index (Phi) is 7.81. The van der Waals surface area contributed by atoms with Crippen molar-refractivity contribution in [2.24, 2.45) is 4.99 Å². The van der Waals surface area contributed by atoms with Crippen molar-refractivity contribution >= 4 is 17.7 Å². The van der Waals surface area contributed by atoms with Crippen LogP contribution in [0.3, 0.4) is 0 Å². The van der Waals surface area contributed by atoms with Crippen LogP contribution in [0.4, 0.5) is 0 Å². The molecule has 1 aliphatic heterocycles. The van der Waals surface area contributed by atoms with Crippen LogP contribution in [0.15, 0.2) is 11.3 Å². The highest BCUT2D eigenvalue weighted by Crippen LogP contribution is 2.34. The van der Waals surface area contributed by atoms with Crippen molar-refractivity contribution in [2.45, 2.75) is 57.5 Å². The van der Waals surface area contributed by atoms with Gasteiger partial charge in [0.25, 0.3) is 0 Å². The van der Waals surface area contributed by atoms with E-state index in [-0.39, 0.29) is 0 Å². The lowest BCUT2D eigenvalue weighted by atomic mass is 9.80. The molecule has 1 saturated carbocycles. The highest BCUT2D eigenvalue weighted by atomic mass is 32.2. The molecule has 1 aromatic rings. The molecule has 2 heterocycles. The Hall–Kier alpha value is -1.28. The molecule has 0 amide bonds. The summed E-state index contributed by atoms with van der Waals surface area (Å²) >= 11 is 2.09. The van der Waals surface area contributed by atoms with E-state index in [1.807, 2.05) is 13.4 Å². The second-order valence-corrected chi connectivity index (χ2v) is 8.76. The van der Waals surface area contributed by atoms with Crippen molar-refractivity contribution in [3.8, 4) is 0 Å². The minimum absolute atomic E-state index is 0.306. The first-order valence-corrected chi connectivity index (χ1v) is 11.6. The molecule has 0 aromatic carbocycles. The van der Waals surface area contributed by atoms with Crippen LogP contribution in [0.1, 0.15) is 44.9 Å². The van der Waals surface area contributed by atoms with Crippen LogP contribution in [0.5, 0.6) is 0 Å². The Morgan fingerprint density at radius 1 is 1.22 bits per heavy atom. The van der Waals surface area contributed by atoms with Gasteiger partial charge in [-0.1, -0.05) is 26.2 Å². The summed E-state index contributed by atoms with van der Waals surface area (Å²) in [5.41, 5.74) is 0.306. The van der Waals surface area contributed by atoms with E-state index in [4.69, 9.17) is 0 Å². The van der Waals surface area contributed by atoms with Gasteiger partial charge >= 0.3 is 0 Å². The van der Waals surface area contributed by atoms with Crippen molar-refractivity contribution in [1.82, 2.24) is 30.3 Å². The quantitative estimate of drug-likeness (QED) is 0.543. The predicted molar refractivity (Wildman–Crippen MR) is 113 cm³/mol. The Balaban J connectivity index is 1.51. The maximum Gasteiger partial charge on any atom is 0.191 e. The summed E-state index contributed by atoms with van der Waals surface area (Å²) in [7, 11) is 1.86. The fourth-order valence-electron chi connectivity index (χ4n) is 4.36. The molecule has 1 aromatic heterocycles. The summed E-state index contributed by atoms with van der Waals surface area (Å²) in [5, 5.41) is 15.2. The zero-order valence-electron chi connectivity index (χ0n) is 16.9. The third-order valence-corrected chi connectivity index (χ3v) is 6.87. The van der Waals surface area contributed by atoms with E-state index in [9.17, 15) is 0 Å². The summed E-state index contributed by atoms with van der Waals surface area (Å²) in [6.45, 7) is 7.22. The number of thioether (sulfide) groups is 1. The summed E-state index contributed by atoms with van der Waals surface area (Å²) in [6, 6.07) is 0. The Morgan fingerprint density at radius 3 is 2.70 bits per heavy atom. The molecule has 27 heavy (non-hydrogen) atoms. The van der Waals surface area contributed by atoms with Gasteiger partial charge in [0.15, 0.2) is 5.96 Å². The topological polar surface area (TPSA) is 70.4 Å². The molecule has 2 fully saturated rings. The van der Waals surface area contributed by atoms with Gasteiger partial charge in [0.1, 0.15) is 12.2 Å². The van der Waals surface area contributed by atoms with Gasteiger partial charge in [-0.15, -0.1) is 10.2 Å². The monoisotopic (exact) mass is 393 g/mol. The molecular weight excluding hydrogens is 358 g/mol. The molecule has 3 rings (SSSR count). The lowest BCUT2D eigenvalue weighted by Gasteiger charge is -2.48. The molecule has 0 atom stereocenters. The minimum atomic E-state index is 0.306. The fourth-order valence-corrected chi connectivity index (χ4v) is 5.26. The zero-order chi connectivity index (χ0) is 19.0. The highest BCUT2D eigenvalue weighted by molar-refractivity contribution is 7.99. The summed E-state index contributed by atoms with van der Waals surface area (Å²) in [5.74, 6) is 4.47. The standard InChI is InChI=1S/C19H35N7S/c1-3-17-24-23-16-25(17)10-9-21-18(20-2)22-15-19(7-5-4-6-8-19)26-11-13-27-14-12-26/h16H,3-15H2,1-2H3,(H2,20,21,22). The van der Waals surface area contributed by atoms with Crippen molar-refractivity contribution in [3.05, 3.63) is 12.2 Å². The Labute approximate surface area is 167 Å². The maximum atomic E-state index is 4.44. The molecule has 0 unspecified atom stereocenters. The van der Waals surface area contributed by atoms with Gasteiger partial charge in [-0.2, -0.15) is 11.8 Å². The van der Waals surface area contributed by atoms with E-state index in [1.54, 1.807) is 0 Å². The van der Waals surface area contributed by atoms with Crippen LogP contribution in [0, 0.1) is 0 Å². The molecule has 1 aliphatic carbocycles. The number of rotatable bonds is 7. The second-order valence-electron chi connectivity index (χ2n) is 7.53. The van der Waals surface area contributed by atoms with Gasteiger partial charge in [-0.05, 0) is 12.8 Å². The minimum Gasteiger partial charge on any atom is -0.355 e. The van der Waals surface area contributed by atoms with Crippen molar-refractivity contribution in [2.75, 3.05) is 44.7 Å². The molecular formula is C19H35N7S. The lowest BCUT2D eigenvalue weighted by molar-refractivity contribution is 0.0626. The highest BCUT2D eigenvalue weighted by Gasteiger charge is 2.38. The molecule has 7 nitrogen and oxygen atoms in total. The number of guanidine groups is 1. The van der Waals surface area contributed by atoms with E-state index >= 15 is 0 Å². The molecule has 0 radical (unpaired) electrons. The predicted octanol–water partition coefficient (Wildman–Crippen LogP) is 1.76. The van der Waals surface area contributed by atoms with Gasteiger partial charge < -0.3 is 15.2 Å². The molecule has 0 spiro atoms. The molecule has 1 saturated heterocycles. The normalized spacial score (nSPS) is 21.2. The summed E-state index contributed by atoms with van der Waals surface area (Å²) in [6.07, 6.45) is 9.42. The first-order valence-electron chi connectivity index (χ1n) is 10.4. The number of aromatic nitrogens is 3. The molecule has 2 N–H and O–H groups in total. The third-order valence-electron chi connectivity index (χ3n) is 5.93. The van der Waals surface area contributed by atoms with Crippen LogP contribution >= 0.6 is 11.8 Å². The maximum absolute atomic E-state index is 4.44. The van der Waals surface area contributed by atoms with E-state index in [1.165, 1.54) is 56.7 Å². The summed E-state index contributed by atoms with van der Waals surface area (Å²) < 4.78 is 2.11. The Morgan fingerprint density at radius 2 is 2.00 bits per heavy atom. The van der Waals surface area contributed by atoms with Gasteiger partial charge in [0.2, 0.25) is 0 Å². The second kappa shape index (κ2) is 10.3.